The average Bonchev–Trinajstić information content (AvgIpc) is 2.90. The Hall–Kier alpha value is -2.56. The van der Waals surface area contributed by atoms with E-state index in [1.54, 1.807) is 12.1 Å². The Morgan fingerprint density at radius 2 is 1.72 bits per heavy atom. The molecule has 4 nitrogen and oxygen atoms in total. The van der Waals surface area contributed by atoms with Crippen molar-refractivity contribution in [3.63, 3.8) is 0 Å². The third-order valence-corrected chi connectivity index (χ3v) is 4.39. The zero-order valence-corrected chi connectivity index (χ0v) is 15.0. The van der Waals surface area contributed by atoms with E-state index in [4.69, 9.17) is 11.6 Å². The van der Waals surface area contributed by atoms with Gasteiger partial charge in [0.15, 0.2) is 0 Å². The highest BCUT2D eigenvalue weighted by Gasteiger charge is 2.11. The molecule has 0 saturated carbocycles. The minimum absolute atomic E-state index is 0.146. The SMILES string of the molecule is Cc1cc(CNNC(=O)c2ccccc2)c(C)n1-c1ccc(Cl)cc1. The minimum atomic E-state index is -0.146. The van der Waals surface area contributed by atoms with Crippen molar-refractivity contribution >= 4 is 17.5 Å². The topological polar surface area (TPSA) is 46.1 Å². The molecule has 2 N–H and O–H groups in total. The van der Waals surface area contributed by atoms with Crippen molar-refractivity contribution in [3.8, 4) is 5.69 Å². The zero-order chi connectivity index (χ0) is 17.8. The van der Waals surface area contributed by atoms with E-state index in [1.807, 2.05) is 42.5 Å². The predicted molar refractivity (Wildman–Crippen MR) is 101 cm³/mol. The van der Waals surface area contributed by atoms with Crippen molar-refractivity contribution in [2.24, 2.45) is 0 Å². The fourth-order valence-electron chi connectivity index (χ4n) is 2.88. The molecule has 25 heavy (non-hydrogen) atoms. The Labute approximate surface area is 152 Å². The maximum absolute atomic E-state index is 12.1. The van der Waals surface area contributed by atoms with Crippen LogP contribution >= 0.6 is 11.6 Å². The van der Waals surface area contributed by atoms with E-state index in [-0.39, 0.29) is 5.91 Å². The molecule has 128 valence electrons. The molecule has 0 unspecified atom stereocenters. The number of halogens is 1. The molecule has 0 fully saturated rings. The molecule has 1 amide bonds. The highest BCUT2D eigenvalue weighted by molar-refractivity contribution is 6.30. The summed E-state index contributed by atoms with van der Waals surface area (Å²) >= 11 is 5.97. The van der Waals surface area contributed by atoms with Gasteiger partial charge in [0.1, 0.15) is 0 Å². The van der Waals surface area contributed by atoms with Crippen LogP contribution in [0.2, 0.25) is 5.02 Å². The molecule has 0 saturated heterocycles. The molecule has 0 atom stereocenters. The van der Waals surface area contributed by atoms with Crippen LogP contribution in [0.25, 0.3) is 5.69 Å². The van der Waals surface area contributed by atoms with Crippen molar-refractivity contribution in [3.05, 3.63) is 88.2 Å². The monoisotopic (exact) mass is 353 g/mol. The normalized spacial score (nSPS) is 10.7. The predicted octanol–water partition coefficient (Wildman–Crippen LogP) is 4.18. The fourth-order valence-corrected chi connectivity index (χ4v) is 3.00. The summed E-state index contributed by atoms with van der Waals surface area (Å²) in [6.07, 6.45) is 0. The van der Waals surface area contributed by atoms with E-state index in [2.05, 4.69) is 35.3 Å². The van der Waals surface area contributed by atoms with Crippen LogP contribution in [0.4, 0.5) is 0 Å². The minimum Gasteiger partial charge on any atom is -0.318 e. The molecular weight excluding hydrogens is 334 g/mol. The van der Waals surface area contributed by atoms with Crippen LogP contribution in [-0.2, 0) is 6.54 Å². The highest BCUT2D eigenvalue weighted by Crippen LogP contribution is 2.22. The Bertz CT molecular complexity index is 870. The molecule has 0 radical (unpaired) electrons. The van der Waals surface area contributed by atoms with Gasteiger partial charge in [0.25, 0.3) is 5.91 Å². The molecule has 0 bridgehead atoms. The molecule has 0 aliphatic heterocycles. The summed E-state index contributed by atoms with van der Waals surface area (Å²) in [5, 5.41) is 0.719. The molecule has 0 spiro atoms. The first-order valence-corrected chi connectivity index (χ1v) is 8.46. The molecular formula is C20H20ClN3O. The van der Waals surface area contributed by atoms with Crippen molar-refractivity contribution < 1.29 is 4.79 Å². The number of aryl methyl sites for hydroxylation is 1. The quantitative estimate of drug-likeness (QED) is 0.676. The Morgan fingerprint density at radius 3 is 2.40 bits per heavy atom. The van der Waals surface area contributed by atoms with Crippen LogP contribution in [0, 0.1) is 13.8 Å². The first kappa shape index (κ1) is 17.3. The molecule has 3 aromatic rings. The second-order valence-electron chi connectivity index (χ2n) is 5.88. The number of amides is 1. The third kappa shape index (κ3) is 3.92. The highest BCUT2D eigenvalue weighted by atomic mass is 35.5. The van der Waals surface area contributed by atoms with Crippen LogP contribution in [0.15, 0.2) is 60.7 Å². The smallest absolute Gasteiger partial charge is 0.265 e. The largest absolute Gasteiger partial charge is 0.318 e. The zero-order valence-electron chi connectivity index (χ0n) is 14.2. The van der Waals surface area contributed by atoms with Gasteiger partial charge in [-0.1, -0.05) is 29.8 Å². The van der Waals surface area contributed by atoms with E-state index in [1.165, 1.54) is 0 Å². The summed E-state index contributed by atoms with van der Waals surface area (Å²) < 4.78 is 2.17. The Balaban J connectivity index is 1.69. The lowest BCUT2D eigenvalue weighted by molar-refractivity contribution is 0.0932. The van der Waals surface area contributed by atoms with Crippen molar-refractivity contribution in [1.29, 1.82) is 0 Å². The Morgan fingerprint density at radius 1 is 1.04 bits per heavy atom. The number of aromatic nitrogens is 1. The number of nitrogens with zero attached hydrogens (tertiary/aromatic N) is 1. The summed E-state index contributed by atoms with van der Waals surface area (Å²) in [6, 6.07) is 19.0. The number of carbonyl (C=O) groups is 1. The van der Waals surface area contributed by atoms with Crippen LogP contribution in [-0.4, -0.2) is 10.5 Å². The molecule has 2 aromatic carbocycles. The number of carbonyl (C=O) groups excluding carboxylic acids is 1. The van der Waals surface area contributed by atoms with E-state index < -0.39 is 0 Å². The number of benzene rings is 2. The molecule has 0 aliphatic rings. The van der Waals surface area contributed by atoms with Crippen LogP contribution in [0.3, 0.4) is 0 Å². The van der Waals surface area contributed by atoms with Crippen molar-refractivity contribution in [1.82, 2.24) is 15.4 Å². The summed E-state index contributed by atoms with van der Waals surface area (Å²) in [6.45, 7) is 4.68. The molecule has 0 aliphatic carbocycles. The second kappa shape index (κ2) is 7.55. The Kier molecular flexibility index (Phi) is 5.22. The van der Waals surface area contributed by atoms with Gasteiger partial charge in [-0.25, -0.2) is 5.43 Å². The number of rotatable bonds is 5. The summed E-state index contributed by atoms with van der Waals surface area (Å²) in [7, 11) is 0. The first-order chi connectivity index (χ1) is 12.1. The number of nitrogens with one attached hydrogen (secondary N) is 2. The number of hydrogen-bond donors (Lipinski definition) is 2. The second-order valence-corrected chi connectivity index (χ2v) is 6.32. The summed E-state index contributed by atoms with van der Waals surface area (Å²) in [5.74, 6) is -0.146. The lowest BCUT2D eigenvalue weighted by Gasteiger charge is -2.11. The number of hydrazine groups is 1. The average molecular weight is 354 g/mol. The summed E-state index contributed by atoms with van der Waals surface area (Å²) in [5.41, 5.74) is 10.8. The molecule has 5 heteroatoms. The molecule has 1 aromatic heterocycles. The molecule has 3 rings (SSSR count). The lowest BCUT2D eigenvalue weighted by Crippen LogP contribution is -2.36. The van der Waals surface area contributed by atoms with E-state index in [0.29, 0.717) is 12.1 Å². The van der Waals surface area contributed by atoms with Gasteiger partial charge in [-0.05, 0) is 61.9 Å². The van der Waals surface area contributed by atoms with Crippen molar-refractivity contribution in [2.75, 3.05) is 0 Å². The fraction of sp³-hybridized carbons (Fsp3) is 0.150. The van der Waals surface area contributed by atoms with E-state index >= 15 is 0 Å². The van der Waals surface area contributed by atoms with Crippen LogP contribution < -0.4 is 10.9 Å². The van der Waals surface area contributed by atoms with Crippen LogP contribution in [0.5, 0.6) is 0 Å². The molecule has 1 heterocycles. The van der Waals surface area contributed by atoms with Gasteiger partial charge in [-0.3, -0.25) is 10.2 Å². The van der Waals surface area contributed by atoms with Gasteiger partial charge in [0.2, 0.25) is 0 Å². The van der Waals surface area contributed by atoms with Gasteiger partial charge in [-0.15, -0.1) is 0 Å². The first-order valence-electron chi connectivity index (χ1n) is 8.08. The lowest BCUT2D eigenvalue weighted by atomic mass is 10.2. The van der Waals surface area contributed by atoms with Gasteiger partial charge in [0.05, 0.1) is 0 Å². The van der Waals surface area contributed by atoms with Crippen LogP contribution in [0.1, 0.15) is 27.3 Å². The summed E-state index contributed by atoms with van der Waals surface area (Å²) in [4.78, 5) is 12.1. The van der Waals surface area contributed by atoms with Gasteiger partial charge in [-0.2, -0.15) is 0 Å². The maximum Gasteiger partial charge on any atom is 0.265 e. The van der Waals surface area contributed by atoms with Gasteiger partial charge >= 0.3 is 0 Å². The standard InChI is InChI=1S/C20H20ClN3O/c1-14-12-17(13-22-23-20(25)16-6-4-3-5-7-16)15(2)24(14)19-10-8-18(21)9-11-19/h3-12,22H,13H2,1-2H3,(H,23,25). The third-order valence-electron chi connectivity index (χ3n) is 4.14. The van der Waals surface area contributed by atoms with Gasteiger partial charge in [0, 0.05) is 34.2 Å². The number of hydrogen-bond acceptors (Lipinski definition) is 2. The van der Waals surface area contributed by atoms with Crippen molar-refractivity contribution in [2.45, 2.75) is 20.4 Å². The van der Waals surface area contributed by atoms with Gasteiger partial charge < -0.3 is 4.57 Å². The van der Waals surface area contributed by atoms with E-state index in [9.17, 15) is 4.79 Å². The maximum atomic E-state index is 12.1. The van der Waals surface area contributed by atoms with E-state index in [0.717, 1.165) is 27.7 Å².